The molecular weight excluding hydrogens is 260 g/mol. The summed E-state index contributed by atoms with van der Waals surface area (Å²) in [5, 5.41) is 0. The molecule has 1 heterocycles. The van der Waals surface area contributed by atoms with Crippen LogP contribution in [0.5, 0.6) is 0 Å². The van der Waals surface area contributed by atoms with Crippen molar-refractivity contribution < 1.29 is 4.74 Å². The lowest BCUT2D eigenvalue weighted by atomic mass is 9.98. The van der Waals surface area contributed by atoms with Crippen LogP contribution in [-0.2, 0) is 17.8 Å². The van der Waals surface area contributed by atoms with Crippen molar-refractivity contribution in [1.29, 1.82) is 0 Å². The van der Waals surface area contributed by atoms with Gasteiger partial charge in [0.05, 0.1) is 11.7 Å². The Labute approximate surface area is 128 Å². The fraction of sp³-hybridized carbons (Fsp3) is 0.667. The molecule has 3 heteroatoms. The van der Waals surface area contributed by atoms with Crippen LogP contribution in [-0.4, -0.2) is 30.2 Å². The van der Waals surface area contributed by atoms with Gasteiger partial charge in [-0.3, -0.25) is 4.90 Å². The van der Waals surface area contributed by atoms with Crippen molar-refractivity contribution in [3.05, 3.63) is 35.4 Å². The zero-order chi connectivity index (χ0) is 14.7. The highest BCUT2D eigenvalue weighted by Gasteiger charge is 2.42. The quantitative estimate of drug-likeness (QED) is 0.905. The Morgan fingerprint density at radius 2 is 2.00 bits per heavy atom. The third-order valence-corrected chi connectivity index (χ3v) is 5.05. The summed E-state index contributed by atoms with van der Waals surface area (Å²) in [5.74, 6) is 0. The van der Waals surface area contributed by atoms with E-state index in [0.29, 0.717) is 12.6 Å². The second-order valence-corrected chi connectivity index (χ2v) is 6.89. The van der Waals surface area contributed by atoms with E-state index in [-0.39, 0.29) is 5.60 Å². The summed E-state index contributed by atoms with van der Waals surface area (Å²) in [6.45, 7) is 2.63. The van der Waals surface area contributed by atoms with E-state index < -0.39 is 0 Å². The highest BCUT2D eigenvalue weighted by Crippen LogP contribution is 2.43. The topological polar surface area (TPSA) is 38.5 Å². The van der Waals surface area contributed by atoms with Crippen LogP contribution >= 0.6 is 0 Å². The monoisotopic (exact) mass is 288 g/mol. The lowest BCUT2D eigenvalue weighted by Crippen LogP contribution is -2.32. The molecule has 1 aromatic carbocycles. The molecular formula is C18H28N2O. The summed E-state index contributed by atoms with van der Waals surface area (Å²) in [4.78, 5) is 2.38. The molecule has 0 aromatic heterocycles. The normalized spacial score (nSPS) is 24.2. The van der Waals surface area contributed by atoms with Gasteiger partial charge in [-0.05, 0) is 43.9 Å². The number of nitrogens with two attached hydrogens (primary N) is 1. The van der Waals surface area contributed by atoms with E-state index in [1.807, 2.05) is 0 Å². The molecule has 1 aliphatic heterocycles. The minimum absolute atomic E-state index is 0.255. The van der Waals surface area contributed by atoms with Crippen LogP contribution in [0.3, 0.4) is 0 Å². The molecule has 116 valence electrons. The van der Waals surface area contributed by atoms with E-state index in [4.69, 9.17) is 10.5 Å². The highest BCUT2D eigenvalue weighted by molar-refractivity contribution is 5.23. The van der Waals surface area contributed by atoms with E-state index in [9.17, 15) is 0 Å². The van der Waals surface area contributed by atoms with Gasteiger partial charge in [-0.2, -0.15) is 0 Å². The number of ether oxygens (including phenoxy) is 1. The van der Waals surface area contributed by atoms with Gasteiger partial charge in [0, 0.05) is 19.6 Å². The second-order valence-electron chi connectivity index (χ2n) is 6.89. The number of nitrogens with zero attached hydrogens (tertiary/aromatic N) is 1. The van der Waals surface area contributed by atoms with Crippen molar-refractivity contribution in [2.75, 3.05) is 13.6 Å². The summed E-state index contributed by atoms with van der Waals surface area (Å²) >= 11 is 0. The fourth-order valence-corrected chi connectivity index (χ4v) is 3.99. The standard InChI is InChI=1S/C18H28N2O/c1-20(13-16-6-4-5-15(11-16)12-19)14-17-7-10-18(21-17)8-2-3-9-18/h4-6,11,17H,2-3,7-10,12-14,19H2,1H3. The maximum Gasteiger partial charge on any atom is 0.0710 e. The number of rotatable bonds is 5. The first-order valence-electron chi connectivity index (χ1n) is 8.33. The number of benzene rings is 1. The van der Waals surface area contributed by atoms with Crippen molar-refractivity contribution in [3.8, 4) is 0 Å². The maximum absolute atomic E-state index is 6.40. The molecule has 3 nitrogen and oxygen atoms in total. The summed E-state index contributed by atoms with van der Waals surface area (Å²) in [6.07, 6.45) is 8.20. The van der Waals surface area contributed by atoms with Crippen LogP contribution < -0.4 is 5.73 Å². The van der Waals surface area contributed by atoms with Gasteiger partial charge in [-0.25, -0.2) is 0 Å². The summed E-state index contributed by atoms with van der Waals surface area (Å²) in [5.41, 5.74) is 8.52. The molecule has 1 aliphatic carbocycles. The van der Waals surface area contributed by atoms with Gasteiger partial charge in [-0.15, -0.1) is 0 Å². The fourth-order valence-electron chi connectivity index (χ4n) is 3.99. The van der Waals surface area contributed by atoms with Crippen LogP contribution in [0, 0.1) is 0 Å². The lowest BCUT2D eigenvalue weighted by molar-refractivity contribution is -0.0457. The molecule has 1 aromatic rings. The van der Waals surface area contributed by atoms with Crippen molar-refractivity contribution >= 4 is 0 Å². The Bertz CT molecular complexity index is 468. The van der Waals surface area contributed by atoms with E-state index >= 15 is 0 Å². The number of likely N-dealkylation sites (N-methyl/N-ethyl adjacent to an activating group) is 1. The molecule has 2 aliphatic rings. The van der Waals surface area contributed by atoms with Gasteiger partial charge in [0.2, 0.25) is 0 Å². The molecule has 1 unspecified atom stereocenters. The van der Waals surface area contributed by atoms with Gasteiger partial charge in [-0.1, -0.05) is 37.1 Å². The molecule has 0 bridgehead atoms. The lowest BCUT2D eigenvalue weighted by Gasteiger charge is -2.26. The molecule has 1 saturated heterocycles. The first kappa shape index (κ1) is 15.0. The Balaban J connectivity index is 1.51. The molecule has 3 rings (SSSR count). The molecule has 2 N–H and O–H groups in total. The van der Waals surface area contributed by atoms with Crippen LogP contribution in [0.1, 0.15) is 49.7 Å². The van der Waals surface area contributed by atoms with E-state index in [1.54, 1.807) is 0 Å². The second kappa shape index (κ2) is 6.47. The van der Waals surface area contributed by atoms with Gasteiger partial charge in [0.1, 0.15) is 0 Å². The molecule has 0 radical (unpaired) electrons. The van der Waals surface area contributed by atoms with Gasteiger partial charge in [0.25, 0.3) is 0 Å². The third-order valence-electron chi connectivity index (χ3n) is 5.05. The van der Waals surface area contributed by atoms with Crippen LogP contribution in [0.25, 0.3) is 0 Å². The average Bonchev–Trinajstić information content (AvgIpc) is 3.09. The largest absolute Gasteiger partial charge is 0.370 e. The third kappa shape index (κ3) is 3.65. The number of hydrogen-bond acceptors (Lipinski definition) is 3. The Kier molecular flexibility index (Phi) is 4.63. The van der Waals surface area contributed by atoms with Crippen LogP contribution in [0.2, 0.25) is 0 Å². The van der Waals surface area contributed by atoms with Crippen molar-refractivity contribution in [2.24, 2.45) is 5.73 Å². The Morgan fingerprint density at radius 3 is 2.76 bits per heavy atom. The smallest absolute Gasteiger partial charge is 0.0710 e. The minimum atomic E-state index is 0.255. The summed E-state index contributed by atoms with van der Waals surface area (Å²) in [6, 6.07) is 8.59. The first-order chi connectivity index (χ1) is 10.2. The average molecular weight is 288 g/mol. The van der Waals surface area contributed by atoms with Gasteiger partial charge < -0.3 is 10.5 Å². The van der Waals surface area contributed by atoms with Crippen LogP contribution in [0.4, 0.5) is 0 Å². The Morgan fingerprint density at radius 1 is 1.24 bits per heavy atom. The van der Waals surface area contributed by atoms with E-state index in [2.05, 4.69) is 36.2 Å². The molecule has 2 fully saturated rings. The zero-order valence-corrected chi connectivity index (χ0v) is 13.2. The Hall–Kier alpha value is -0.900. The van der Waals surface area contributed by atoms with Crippen LogP contribution in [0.15, 0.2) is 24.3 Å². The first-order valence-corrected chi connectivity index (χ1v) is 8.33. The summed E-state index contributed by atoms with van der Waals surface area (Å²) in [7, 11) is 2.19. The van der Waals surface area contributed by atoms with E-state index in [1.165, 1.54) is 49.7 Å². The SMILES string of the molecule is CN(Cc1cccc(CN)c1)CC1CCC2(CCCC2)O1. The maximum atomic E-state index is 6.40. The molecule has 1 atom stereocenters. The zero-order valence-electron chi connectivity index (χ0n) is 13.2. The highest BCUT2D eigenvalue weighted by atomic mass is 16.5. The number of hydrogen-bond donors (Lipinski definition) is 1. The molecule has 1 spiro atoms. The predicted octanol–water partition coefficient (Wildman–Crippen LogP) is 3.07. The van der Waals surface area contributed by atoms with Crippen molar-refractivity contribution in [1.82, 2.24) is 4.90 Å². The molecule has 1 saturated carbocycles. The predicted molar refractivity (Wildman–Crippen MR) is 86.0 cm³/mol. The van der Waals surface area contributed by atoms with Crippen molar-refractivity contribution in [3.63, 3.8) is 0 Å². The summed E-state index contributed by atoms with van der Waals surface area (Å²) < 4.78 is 6.40. The molecule has 0 amide bonds. The van der Waals surface area contributed by atoms with Gasteiger partial charge in [0.15, 0.2) is 0 Å². The van der Waals surface area contributed by atoms with Gasteiger partial charge >= 0.3 is 0 Å². The van der Waals surface area contributed by atoms with E-state index in [0.717, 1.165) is 13.1 Å². The van der Waals surface area contributed by atoms with Crippen molar-refractivity contribution in [2.45, 2.75) is 63.3 Å². The minimum Gasteiger partial charge on any atom is -0.370 e. The molecule has 21 heavy (non-hydrogen) atoms.